The molecule has 6 heteroatoms. The Labute approximate surface area is 183 Å². The van der Waals surface area contributed by atoms with Gasteiger partial charge in [0.2, 0.25) is 0 Å². The summed E-state index contributed by atoms with van der Waals surface area (Å²) in [6.45, 7) is 5.91. The Morgan fingerprint density at radius 3 is 2.13 bits per heavy atom. The maximum Gasteiger partial charge on any atom is 0.277 e. The van der Waals surface area contributed by atoms with Gasteiger partial charge in [-0.25, -0.2) is 0 Å². The van der Waals surface area contributed by atoms with Crippen LogP contribution in [0, 0.1) is 6.92 Å². The van der Waals surface area contributed by atoms with Crippen LogP contribution in [-0.2, 0) is 14.3 Å². The van der Waals surface area contributed by atoms with Crippen molar-refractivity contribution in [1.29, 1.82) is 0 Å². The van der Waals surface area contributed by atoms with Crippen molar-refractivity contribution in [2.45, 2.75) is 13.3 Å². The number of carbonyl (C=O) groups is 2. The molecule has 0 aromatic heterocycles. The topological polar surface area (TPSA) is 53.1 Å². The van der Waals surface area contributed by atoms with E-state index >= 15 is 0 Å². The standard InChI is InChI=1S/C25H29N3O3/c1-19-9-11-20(12-10-19)22-23(25(30)28(24(22)29)13-6-18-31-2)27-16-14-26(15-17-27)21-7-4-3-5-8-21/h3-5,7-12H,6,13-18H2,1-2H3. The number of piperazine rings is 1. The first kappa shape index (κ1) is 21.1. The van der Waals surface area contributed by atoms with Crippen LogP contribution in [0.1, 0.15) is 17.5 Å². The molecule has 2 aromatic rings. The predicted molar refractivity (Wildman–Crippen MR) is 122 cm³/mol. The Morgan fingerprint density at radius 2 is 1.48 bits per heavy atom. The molecule has 31 heavy (non-hydrogen) atoms. The fourth-order valence-corrected chi connectivity index (χ4v) is 4.23. The number of methoxy groups -OCH3 is 1. The molecule has 6 nitrogen and oxygen atoms in total. The zero-order valence-electron chi connectivity index (χ0n) is 18.2. The van der Waals surface area contributed by atoms with Crippen LogP contribution in [0.5, 0.6) is 0 Å². The van der Waals surface area contributed by atoms with Gasteiger partial charge >= 0.3 is 0 Å². The number of carbonyl (C=O) groups excluding carboxylic acids is 2. The summed E-state index contributed by atoms with van der Waals surface area (Å²) >= 11 is 0. The fraction of sp³-hybridized carbons (Fsp3) is 0.360. The van der Waals surface area contributed by atoms with Crippen molar-refractivity contribution in [3.63, 3.8) is 0 Å². The summed E-state index contributed by atoms with van der Waals surface area (Å²) in [6, 6.07) is 18.1. The van der Waals surface area contributed by atoms with Gasteiger partial charge in [-0.1, -0.05) is 48.0 Å². The van der Waals surface area contributed by atoms with Crippen molar-refractivity contribution in [3.8, 4) is 0 Å². The van der Waals surface area contributed by atoms with Gasteiger partial charge in [-0.3, -0.25) is 14.5 Å². The lowest BCUT2D eigenvalue weighted by atomic mass is 10.0. The maximum absolute atomic E-state index is 13.4. The molecule has 1 fully saturated rings. The number of amides is 2. The van der Waals surface area contributed by atoms with Crippen molar-refractivity contribution in [1.82, 2.24) is 9.80 Å². The third-order valence-corrected chi connectivity index (χ3v) is 5.93. The average Bonchev–Trinajstić information content (AvgIpc) is 3.05. The molecule has 0 N–H and O–H groups in total. The van der Waals surface area contributed by atoms with E-state index in [0.717, 1.165) is 24.2 Å². The number of hydrogen-bond acceptors (Lipinski definition) is 5. The SMILES string of the molecule is COCCCN1C(=O)C(c2ccc(C)cc2)=C(N2CCN(c3ccccc3)CC2)C1=O. The zero-order chi connectivity index (χ0) is 21.8. The summed E-state index contributed by atoms with van der Waals surface area (Å²) < 4.78 is 5.11. The molecule has 162 valence electrons. The molecule has 2 aliphatic heterocycles. The van der Waals surface area contributed by atoms with Crippen molar-refractivity contribution in [2.24, 2.45) is 0 Å². The summed E-state index contributed by atoms with van der Waals surface area (Å²) in [4.78, 5) is 32.5. The van der Waals surface area contributed by atoms with Gasteiger partial charge in [-0.05, 0) is 31.0 Å². The second-order valence-electron chi connectivity index (χ2n) is 8.01. The van der Waals surface area contributed by atoms with Crippen LogP contribution in [0.3, 0.4) is 0 Å². The lowest BCUT2D eigenvalue weighted by Gasteiger charge is -2.37. The number of para-hydroxylation sites is 1. The molecular formula is C25H29N3O3. The van der Waals surface area contributed by atoms with E-state index in [0.29, 0.717) is 43.9 Å². The fourth-order valence-electron chi connectivity index (χ4n) is 4.23. The summed E-state index contributed by atoms with van der Waals surface area (Å²) in [5.41, 5.74) is 4.18. The van der Waals surface area contributed by atoms with E-state index in [4.69, 9.17) is 4.74 Å². The number of ether oxygens (including phenoxy) is 1. The molecule has 0 atom stereocenters. The van der Waals surface area contributed by atoms with E-state index in [-0.39, 0.29) is 11.8 Å². The van der Waals surface area contributed by atoms with E-state index in [2.05, 4.69) is 21.9 Å². The third kappa shape index (κ3) is 4.35. The van der Waals surface area contributed by atoms with Gasteiger partial charge in [0, 0.05) is 52.1 Å². The lowest BCUT2D eigenvalue weighted by Crippen LogP contribution is -2.47. The predicted octanol–water partition coefficient (Wildman–Crippen LogP) is 2.93. The molecule has 0 radical (unpaired) electrons. The van der Waals surface area contributed by atoms with Crippen LogP contribution in [0.2, 0.25) is 0 Å². The van der Waals surface area contributed by atoms with E-state index < -0.39 is 0 Å². The molecule has 2 aromatic carbocycles. The van der Waals surface area contributed by atoms with Crippen LogP contribution in [0.25, 0.3) is 5.57 Å². The molecule has 4 rings (SSSR count). The minimum absolute atomic E-state index is 0.190. The lowest BCUT2D eigenvalue weighted by molar-refractivity contribution is -0.137. The molecule has 2 amide bonds. The van der Waals surface area contributed by atoms with Crippen molar-refractivity contribution >= 4 is 23.1 Å². The Kier molecular flexibility index (Phi) is 6.37. The Balaban J connectivity index is 1.60. The first-order valence-electron chi connectivity index (χ1n) is 10.8. The van der Waals surface area contributed by atoms with Crippen LogP contribution in [0.15, 0.2) is 60.3 Å². The average molecular weight is 420 g/mol. The third-order valence-electron chi connectivity index (χ3n) is 5.93. The normalized spacial score (nSPS) is 17.2. The monoisotopic (exact) mass is 419 g/mol. The molecular weight excluding hydrogens is 390 g/mol. The van der Waals surface area contributed by atoms with Crippen molar-refractivity contribution in [2.75, 3.05) is 51.3 Å². The summed E-state index contributed by atoms with van der Waals surface area (Å²) in [5.74, 6) is -0.393. The number of aryl methyl sites for hydroxylation is 1. The van der Waals surface area contributed by atoms with Crippen LogP contribution in [0.4, 0.5) is 5.69 Å². The number of anilines is 1. The number of hydrogen-bond donors (Lipinski definition) is 0. The molecule has 2 aliphatic rings. The van der Waals surface area contributed by atoms with Crippen LogP contribution < -0.4 is 4.90 Å². The Morgan fingerprint density at radius 1 is 0.839 bits per heavy atom. The quantitative estimate of drug-likeness (QED) is 0.510. The first-order valence-corrected chi connectivity index (χ1v) is 10.8. The second-order valence-corrected chi connectivity index (χ2v) is 8.01. The van der Waals surface area contributed by atoms with E-state index in [1.165, 1.54) is 10.6 Å². The highest BCUT2D eigenvalue weighted by molar-refractivity contribution is 6.35. The highest BCUT2D eigenvalue weighted by atomic mass is 16.5. The molecule has 0 bridgehead atoms. The van der Waals surface area contributed by atoms with Gasteiger partial charge in [-0.15, -0.1) is 0 Å². The Bertz CT molecular complexity index is 961. The maximum atomic E-state index is 13.4. The minimum Gasteiger partial charge on any atom is -0.385 e. The van der Waals surface area contributed by atoms with Gasteiger partial charge in [0.1, 0.15) is 5.70 Å². The van der Waals surface area contributed by atoms with Crippen molar-refractivity contribution < 1.29 is 14.3 Å². The van der Waals surface area contributed by atoms with Gasteiger partial charge in [-0.2, -0.15) is 0 Å². The number of imide groups is 1. The highest BCUT2D eigenvalue weighted by Gasteiger charge is 2.41. The molecule has 0 spiro atoms. The molecule has 0 aliphatic carbocycles. The van der Waals surface area contributed by atoms with E-state index in [1.807, 2.05) is 49.4 Å². The molecule has 2 heterocycles. The summed E-state index contributed by atoms with van der Waals surface area (Å²) in [5, 5.41) is 0. The van der Waals surface area contributed by atoms with Gasteiger partial charge in [0.05, 0.1) is 5.57 Å². The molecule has 1 saturated heterocycles. The molecule has 0 saturated carbocycles. The summed E-state index contributed by atoms with van der Waals surface area (Å²) in [7, 11) is 1.63. The first-order chi connectivity index (χ1) is 15.1. The largest absolute Gasteiger partial charge is 0.385 e. The van der Waals surface area contributed by atoms with Gasteiger partial charge < -0.3 is 14.5 Å². The Hall–Kier alpha value is -3.12. The summed E-state index contributed by atoms with van der Waals surface area (Å²) in [6.07, 6.45) is 0.629. The number of rotatable bonds is 7. The van der Waals surface area contributed by atoms with E-state index in [1.54, 1.807) is 7.11 Å². The van der Waals surface area contributed by atoms with E-state index in [9.17, 15) is 9.59 Å². The van der Waals surface area contributed by atoms with Gasteiger partial charge in [0.25, 0.3) is 11.8 Å². The minimum atomic E-state index is -0.203. The van der Waals surface area contributed by atoms with Gasteiger partial charge in [0.15, 0.2) is 0 Å². The van der Waals surface area contributed by atoms with Crippen molar-refractivity contribution in [3.05, 3.63) is 71.4 Å². The zero-order valence-corrected chi connectivity index (χ0v) is 18.2. The second kappa shape index (κ2) is 9.35. The van der Waals surface area contributed by atoms with Crippen LogP contribution in [-0.4, -0.2) is 68.1 Å². The smallest absolute Gasteiger partial charge is 0.277 e. The number of benzene rings is 2. The van der Waals surface area contributed by atoms with Crippen LogP contribution >= 0.6 is 0 Å². The number of nitrogens with zero attached hydrogens (tertiary/aromatic N) is 3. The molecule has 0 unspecified atom stereocenters. The highest BCUT2D eigenvalue weighted by Crippen LogP contribution is 2.33.